The number of ether oxygens (including phenoxy) is 1. The fourth-order valence-electron chi connectivity index (χ4n) is 4.38. The molecule has 0 unspecified atom stereocenters. The maximum atomic E-state index is 12.7. The highest BCUT2D eigenvalue weighted by Crippen LogP contribution is 2.42. The largest absolute Gasteiger partial charge is 0.447 e. The molecule has 140 valence electrons. The number of carbonyl (C=O) groups is 2. The number of rotatable bonds is 3. The zero-order chi connectivity index (χ0) is 18.3. The lowest BCUT2D eigenvalue weighted by Crippen LogP contribution is -2.58. The lowest BCUT2D eigenvalue weighted by molar-refractivity contribution is -0.142. The van der Waals surface area contributed by atoms with Crippen molar-refractivity contribution in [3.05, 3.63) is 35.4 Å². The van der Waals surface area contributed by atoms with Crippen molar-refractivity contribution < 1.29 is 23.1 Å². The van der Waals surface area contributed by atoms with Gasteiger partial charge >= 0.3 is 6.09 Å². The van der Waals surface area contributed by atoms with Crippen molar-refractivity contribution >= 4 is 12.0 Å². The SMILES string of the molecule is O=C1N[C@]2(CO1)C[C@H](C(=O)N1CCC(c3ccc(C(F)F)cc3)CC1)C2. The van der Waals surface area contributed by atoms with Gasteiger partial charge in [-0.1, -0.05) is 24.3 Å². The number of benzene rings is 1. The molecule has 2 aliphatic heterocycles. The molecule has 1 aromatic carbocycles. The summed E-state index contributed by atoms with van der Waals surface area (Å²) in [7, 11) is 0. The van der Waals surface area contributed by atoms with Gasteiger partial charge in [-0.05, 0) is 37.2 Å². The van der Waals surface area contributed by atoms with Crippen molar-refractivity contribution in [2.45, 2.75) is 43.6 Å². The second-order valence-corrected chi connectivity index (χ2v) is 7.65. The third kappa shape index (κ3) is 3.15. The normalized spacial score (nSPS) is 28.8. The molecule has 1 N–H and O–H groups in total. The zero-order valence-electron chi connectivity index (χ0n) is 14.4. The van der Waals surface area contributed by atoms with Gasteiger partial charge in [-0.3, -0.25) is 4.79 Å². The van der Waals surface area contributed by atoms with E-state index in [1.165, 1.54) is 12.1 Å². The first-order chi connectivity index (χ1) is 12.5. The predicted octanol–water partition coefficient (Wildman–Crippen LogP) is 3.22. The van der Waals surface area contributed by atoms with Crippen LogP contribution in [0.15, 0.2) is 24.3 Å². The first kappa shape index (κ1) is 17.2. The highest BCUT2D eigenvalue weighted by Gasteiger charge is 2.53. The van der Waals surface area contributed by atoms with Crippen LogP contribution in [0.4, 0.5) is 13.6 Å². The minimum absolute atomic E-state index is 0.0427. The number of alkyl halides is 2. The van der Waals surface area contributed by atoms with Gasteiger partial charge in [0.15, 0.2) is 0 Å². The minimum Gasteiger partial charge on any atom is -0.447 e. The number of hydrogen-bond acceptors (Lipinski definition) is 3. The number of cyclic esters (lactones) is 1. The minimum atomic E-state index is -2.44. The smallest absolute Gasteiger partial charge is 0.407 e. The standard InChI is InChI=1S/C19H22F2N2O3/c20-16(21)14-3-1-12(2-4-14)13-5-7-23(8-6-13)17(24)15-9-19(10-15)11-26-18(25)22-19/h1-4,13,15-16H,5-11H2,(H,22,25)/t15-,19+. The molecule has 3 fully saturated rings. The molecule has 5 nitrogen and oxygen atoms in total. The summed E-state index contributed by atoms with van der Waals surface area (Å²) in [6, 6.07) is 6.54. The fourth-order valence-corrected chi connectivity index (χ4v) is 4.38. The van der Waals surface area contributed by atoms with E-state index in [9.17, 15) is 18.4 Å². The number of hydrogen-bond donors (Lipinski definition) is 1. The Balaban J connectivity index is 1.28. The number of piperidine rings is 1. The number of halogens is 2. The van der Waals surface area contributed by atoms with Gasteiger partial charge in [-0.15, -0.1) is 0 Å². The molecule has 7 heteroatoms. The van der Waals surface area contributed by atoms with Crippen LogP contribution in [0.2, 0.25) is 0 Å². The number of nitrogens with one attached hydrogen (secondary N) is 1. The summed E-state index contributed by atoms with van der Waals surface area (Å²) < 4.78 is 30.3. The average molecular weight is 364 g/mol. The van der Waals surface area contributed by atoms with Crippen LogP contribution in [-0.4, -0.2) is 42.1 Å². The Morgan fingerprint density at radius 3 is 2.38 bits per heavy atom. The van der Waals surface area contributed by atoms with E-state index in [0.717, 1.165) is 18.4 Å². The van der Waals surface area contributed by atoms with Crippen LogP contribution in [0, 0.1) is 5.92 Å². The summed E-state index contributed by atoms with van der Waals surface area (Å²) in [5.74, 6) is 0.420. The highest BCUT2D eigenvalue weighted by atomic mass is 19.3. The van der Waals surface area contributed by atoms with Crippen LogP contribution in [0.1, 0.15) is 49.2 Å². The Bertz CT molecular complexity index is 693. The third-order valence-electron chi connectivity index (χ3n) is 5.94. The molecule has 0 bridgehead atoms. The molecule has 2 heterocycles. The lowest BCUT2D eigenvalue weighted by atomic mass is 9.68. The van der Waals surface area contributed by atoms with Crippen molar-refractivity contribution in [1.82, 2.24) is 10.2 Å². The molecule has 3 aliphatic rings. The van der Waals surface area contributed by atoms with Gasteiger partial charge in [0.2, 0.25) is 5.91 Å². The second-order valence-electron chi connectivity index (χ2n) is 7.65. The summed E-state index contributed by atoms with van der Waals surface area (Å²) in [4.78, 5) is 25.7. The van der Waals surface area contributed by atoms with Crippen LogP contribution in [0.3, 0.4) is 0 Å². The van der Waals surface area contributed by atoms with Crippen LogP contribution in [0.5, 0.6) is 0 Å². The van der Waals surface area contributed by atoms with E-state index in [2.05, 4.69) is 5.32 Å². The first-order valence-electron chi connectivity index (χ1n) is 9.07. The number of alkyl carbamates (subject to hydrolysis) is 1. The number of amides is 2. The van der Waals surface area contributed by atoms with Gasteiger partial charge in [0, 0.05) is 24.6 Å². The average Bonchev–Trinajstić information content (AvgIpc) is 3.02. The van der Waals surface area contributed by atoms with E-state index >= 15 is 0 Å². The van der Waals surface area contributed by atoms with Crippen LogP contribution >= 0.6 is 0 Å². The summed E-state index contributed by atoms with van der Waals surface area (Å²) in [6.45, 7) is 1.73. The van der Waals surface area contributed by atoms with Crippen molar-refractivity contribution in [1.29, 1.82) is 0 Å². The van der Waals surface area contributed by atoms with Crippen LogP contribution in [0.25, 0.3) is 0 Å². The first-order valence-corrected chi connectivity index (χ1v) is 9.07. The van der Waals surface area contributed by atoms with Crippen molar-refractivity contribution in [2.24, 2.45) is 5.92 Å². The van der Waals surface area contributed by atoms with Gasteiger partial charge in [-0.2, -0.15) is 0 Å². The second kappa shape index (κ2) is 6.52. The lowest BCUT2D eigenvalue weighted by Gasteiger charge is -2.45. The third-order valence-corrected chi connectivity index (χ3v) is 5.94. The molecule has 26 heavy (non-hydrogen) atoms. The van der Waals surface area contributed by atoms with Crippen LogP contribution in [-0.2, 0) is 9.53 Å². The summed E-state index contributed by atoms with van der Waals surface area (Å²) in [5, 5.41) is 2.81. The van der Waals surface area contributed by atoms with Gasteiger partial charge in [0.1, 0.15) is 6.61 Å². The number of carbonyl (C=O) groups excluding carboxylic acids is 2. The monoisotopic (exact) mass is 364 g/mol. The van der Waals surface area contributed by atoms with Gasteiger partial charge in [-0.25, -0.2) is 13.6 Å². The predicted molar refractivity (Wildman–Crippen MR) is 89.9 cm³/mol. The Morgan fingerprint density at radius 1 is 1.19 bits per heavy atom. The maximum Gasteiger partial charge on any atom is 0.407 e. The maximum absolute atomic E-state index is 12.7. The quantitative estimate of drug-likeness (QED) is 0.896. The Kier molecular flexibility index (Phi) is 4.32. The molecule has 1 saturated carbocycles. The summed E-state index contributed by atoms with van der Waals surface area (Å²) in [6.07, 6.45) is 0.146. The van der Waals surface area contributed by atoms with E-state index in [0.29, 0.717) is 38.5 Å². The Hall–Kier alpha value is -2.18. The van der Waals surface area contributed by atoms with Crippen molar-refractivity contribution in [3.63, 3.8) is 0 Å². The molecular formula is C19H22F2N2O3. The fraction of sp³-hybridized carbons (Fsp3) is 0.579. The highest BCUT2D eigenvalue weighted by molar-refractivity contribution is 5.81. The van der Waals surface area contributed by atoms with E-state index in [4.69, 9.17) is 4.74 Å². The van der Waals surface area contributed by atoms with Gasteiger partial charge in [0.05, 0.1) is 5.54 Å². The van der Waals surface area contributed by atoms with Crippen LogP contribution < -0.4 is 5.32 Å². The number of likely N-dealkylation sites (tertiary alicyclic amines) is 1. The van der Waals surface area contributed by atoms with Crippen molar-refractivity contribution in [2.75, 3.05) is 19.7 Å². The molecule has 4 rings (SSSR count). The van der Waals surface area contributed by atoms with Gasteiger partial charge < -0.3 is 15.0 Å². The van der Waals surface area contributed by atoms with E-state index in [-0.39, 0.29) is 22.9 Å². The van der Waals surface area contributed by atoms with Crippen molar-refractivity contribution in [3.8, 4) is 0 Å². The zero-order valence-corrected chi connectivity index (χ0v) is 14.4. The van der Waals surface area contributed by atoms with E-state index < -0.39 is 12.5 Å². The molecule has 0 aromatic heterocycles. The Labute approximate surface area is 150 Å². The molecule has 1 aliphatic carbocycles. The van der Waals surface area contributed by atoms with E-state index in [1.54, 1.807) is 12.1 Å². The molecule has 2 saturated heterocycles. The molecule has 0 atom stereocenters. The number of nitrogens with zero attached hydrogens (tertiary/aromatic N) is 1. The Morgan fingerprint density at radius 2 is 1.85 bits per heavy atom. The summed E-state index contributed by atoms with van der Waals surface area (Å²) in [5.41, 5.74) is 0.778. The summed E-state index contributed by atoms with van der Waals surface area (Å²) >= 11 is 0. The van der Waals surface area contributed by atoms with Gasteiger partial charge in [0.25, 0.3) is 6.43 Å². The topological polar surface area (TPSA) is 58.6 Å². The molecule has 0 radical (unpaired) electrons. The molecule has 2 amide bonds. The molecule has 1 spiro atoms. The molecule has 1 aromatic rings. The van der Waals surface area contributed by atoms with E-state index in [1.807, 2.05) is 4.90 Å². The molecular weight excluding hydrogens is 342 g/mol.